The van der Waals surface area contributed by atoms with Crippen molar-refractivity contribution in [2.75, 3.05) is 26.2 Å². The SMILES string of the molecule is CC(C)CNC(=O)CN1CCc2ccccc2C1CN. The van der Waals surface area contributed by atoms with Crippen LogP contribution in [-0.2, 0) is 11.2 Å². The Kier molecular flexibility index (Phi) is 5.15. The number of benzene rings is 1. The van der Waals surface area contributed by atoms with Gasteiger partial charge in [0.15, 0.2) is 0 Å². The molecule has 110 valence electrons. The lowest BCUT2D eigenvalue weighted by atomic mass is 9.92. The number of hydrogen-bond acceptors (Lipinski definition) is 3. The maximum Gasteiger partial charge on any atom is 0.234 e. The molecule has 0 aliphatic carbocycles. The van der Waals surface area contributed by atoms with Crippen LogP contribution in [0.25, 0.3) is 0 Å². The summed E-state index contributed by atoms with van der Waals surface area (Å²) in [6.45, 7) is 6.81. The number of rotatable bonds is 5. The molecule has 0 saturated carbocycles. The zero-order valence-corrected chi connectivity index (χ0v) is 12.4. The first-order valence-corrected chi connectivity index (χ1v) is 7.40. The van der Waals surface area contributed by atoms with Crippen LogP contribution < -0.4 is 11.1 Å². The van der Waals surface area contributed by atoms with Gasteiger partial charge < -0.3 is 11.1 Å². The van der Waals surface area contributed by atoms with Crippen molar-refractivity contribution >= 4 is 5.91 Å². The molecule has 1 heterocycles. The zero-order valence-electron chi connectivity index (χ0n) is 12.4. The van der Waals surface area contributed by atoms with Gasteiger partial charge in [-0.3, -0.25) is 9.69 Å². The van der Waals surface area contributed by atoms with E-state index >= 15 is 0 Å². The highest BCUT2D eigenvalue weighted by molar-refractivity contribution is 5.78. The van der Waals surface area contributed by atoms with E-state index in [1.165, 1.54) is 11.1 Å². The molecule has 0 saturated heterocycles. The van der Waals surface area contributed by atoms with Gasteiger partial charge in [-0.2, -0.15) is 0 Å². The topological polar surface area (TPSA) is 58.4 Å². The van der Waals surface area contributed by atoms with Gasteiger partial charge in [-0.05, 0) is 23.5 Å². The Morgan fingerprint density at radius 3 is 2.90 bits per heavy atom. The van der Waals surface area contributed by atoms with Crippen LogP contribution in [0.5, 0.6) is 0 Å². The molecular weight excluding hydrogens is 250 g/mol. The van der Waals surface area contributed by atoms with Crippen LogP contribution in [0.15, 0.2) is 24.3 Å². The zero-order chi connectivity index (χ0) is 14.5. The highest BCUT2D eigenvalue weighted by Crippen LogP contribution is 2.28. The lowest BCUT2D eigenvalue weighted by Gasteiger charge is -2.36. The summed E-state index contributed by atoms with van der Waals surface area (Å²) in [5.74, 6) is 0.572. The Morgan fingerprint density at radius 1 is 1.45 bits per heavy atom. The predicted molar refractivity (Wildman–Crippen MR) is 81.4 cm³/mol. The second-order valence-corrected chi connectivity index (χ2v) is 5.87. The van der Waals surface area contributed by atoms with Gasteiger partial charge in [0.05, 0.1) is 6.54 Å². The van der Waals surface area contributed by atoms with E-state index in [-0.39, 0.29) is 11.9 Å². The molecule has 0 aromatic heterocycles. The van der Waals surface area contributed by atoms with E-state index < -0.39 is 0 Å². The number of carbonyl (C=O) groups excluding carboxylic acids is 1. The second kappa shape index (κ2) is 6.86. The van der Waals surface area contributed by atoms with E-state index in [2.05, 4.69) is 42.3 Å². The van der Waals surface area contributed by atoms with Gasteiger partial charge in [0.2, 0.25) is 5.91 Å². The van der Waals surface area contributed by atoms with Crippen molar-refractivity contribution < 1.29 is 4.79 Å². The van der Waals surface area contributed by atoms with E-state index in [0.717, 1.165) is 19.5 Å². The average Bonchev–Trinajstić information content (AvgIpc) is 2.45. The maximum absolute atomic E-state index is 12.0. The molecule has 20 heavy (non-hydrogen) atoms. The molecule has 1 aliphatic heterocycles. The molecule has 1 aliphatic rings. The van der Waals surface area contributed by atoms with Crippen molar-refractivity contribution in [1.29, 1.82) is 0 Å². The molecule has 0 spiro atoms. The number of nitrogens with two attached hydrogens (primary N) is 1. The van der Waals surface area contributed by atoms with Crippen molar-refractivity contribution in [3.63, 3.8) is 0 Å². The molecule has 1 aromatic carbocycles. The van der Waals surface area contributed by atoms with Gasteiger partial charge in [0.1, 0.15) is 0 Å². The van der Waals surface area contributed by atoms with Gasteiger partial charge in [-0.15, -0.1) is 0 Å². The molecule has 4 nitrogen and oxygen atoms in total. The van der Waals surface area contributed by atoms with Crippen molar-refractivity contribution in [3.8, 4) is 0 Å². The van der Waals surface area contributed by atoms with Crippen LogP contribution >= 0.6 is 0 Å². The maximum atomic E-state index is 12.0. The number of hydrogen-bond donors (Lipinski definition) is 2. The first-order valence-electron chi connectivity index (χ1n) is 7.40. The molecule has 3 N–H and O–H groups in total. The lowest BCUT2D eigenvalue weighted by molar-refractivity contribution is -0.123. The summed E-state index contributed by atoms with van der Waals surface area (Å²) in [6, 6.07) is 8.56. The van der Waals surface area contributed by atoms with Crippen LogP contribution in [0.1, 0.15) is 31.0 Å². The molecule has 2 rings (SSSR count). The molecule has 1 amide bonds. The summed E-state index contributed by atoms with van der Waals surface area (Å²) in [5, 5.41) is 2.98. The van der Waals surface area contributed by atoms with E-state index in [1.54, 1.807) is 0 Å². The summed E-state index contributed by atoms with van der Waals surface area (Å²) in [7, 11) is 0. The average molecular weight is 275 g/mol. The Morgan fingerprint density at radius 2 is 2.20 bits per heavy atom. The van der Waals surface area contributed by atoms with Crippen LogP contribution in [0.2, 0.25) is 0 Å². The standard InChI is InChI=1S/C16H25N3O/c1-12(2)10-18-16(20)11-19-8-7-13-5-3-4-6-14(13)15(19)9-17/h3-6,12,15H,7-11,17H2,1-2H3,(H,18,20). The smallest absolute Gasteiger partial charge is 0.234 e. The van der Waals surface area contributed by atoms with Gasteiger partial charge in [-0.25, -0.2) is 0 Å². The fraction of sp³-hybridized carbons (Fsp3) is 0.562. The third-order valence-corrected chi connectivity index (χ3v) is 3.80. The highest BCUT2D eigenvalue weighted by Gasteiger charge is 2.27. The molecule has 1 atom stereocenters. The van der Waals surface area contributed by atoms with Crippen LogP contribution in [0.3, 0.4) is 0 Å². The molecule has 1 unspecified atom stereocenters. The fourth-order valence-corrected chi connectivity index (χ4v) is 2.73. The van der Waals surface area contributed by atoms with Gasteiger partial charge in [0.25, 0.3) is 0 Å². The van der Waals surface area contributed by atoms with E-state index in [0.29, 0.717) is 19.0 Å². The summed E-state index contributed by atoms with van der Waals surface area (Å²) >= 11 is 0. The quantitative estimate of drug-likeness (QED) is 0.852. The monoisotopic (exact) mass is 275 g/mol. The molecule has 0 bridgehead atoms. The van der Waals surface area contributed by atoms with Crippen LogP contribution in [-0.4, -0.2) is 37.0 Å². The number of fused-ring (bicyclic) bond motifs is 1. The third-order valence-electron chi connectivity index (χ3n) is 3.80. The summed E-state index contributed by atoms with van der Waals surface area (Å²) in [5.41, 5.74) is 8.57. The molecule has 1 aromatic rings. The first-order chi connectivity index (χ1) is 9.61. The van der Waals surface area contributed by atoms with E-state index in [9.17, 15) is 4.79 Å². The minimum absolute atomic E-state index is 0.0940. The largest absolute Gasteiger partial charge is 0.355 e. The van der Waals surface area contributed by atoms with Gasteiger partial charge in [0, 0.05) is 25.7 Å². The normalized spacial score (nSPS) is 18.9. The Balaban J connectivity index is 2.01. The molecule has 0 radical (unpaired) electrons. The number of nitrogens with one attached hydrogen (secondary N) is 1. The molecule has 4 heteroatoms. The van der Waals surface area contributed by atoms with Gasteiger partial charge >= 0.3 is 0 Å². The Hall–Kier alpha value is -1.39. The highest BCUT2D eigenvalue weighted by atomic mass is 16.2. The number of amides is 1. The summed E-state index contributed by atoms with van der Waals surface area (Å²) in [4.78, 5) is 14.2. The summed E-state index contributed by atoms with van der Waals surface area (Å²) < 4.78 is 0. The minimum atomic E-state index is 0.0940. The van der Waals surface area contributed by atoms with Crippen LogP contribution in [0.4, 0.5) is 0 Å². The fourth-order valence-electron chi connectivity index (χ4n) is 2.73. The third kappa shape index (κ3) is 3.58. The summed E-state index contributed by atoms with van der Waals surface area (Å²) in [6.07, 6.45) is 0.990. The molecule has 0 fully saturated rings. The van der Waals surface area contributed by atoms with E-state index in [4.69, 9.17) is 5.73 Å². The van der Waals surface area contributed by atoms with Crippen LogP contribution in [0, 0.1) is 5.92 Å². The molecular formula is C16H25N3O. The van der Waals surface area contributed by atoms with Crippen molar-refractivity contribution in [1.82, 2.24) is 10.2 Å². The number of carbonyl (C=O) groups is 1. The first kappa shape index (κ1) is 15.0. The Bertz CT molecular complexity index is 459. The van der Waals surface area contributed by atoms with E-state index in [1.807, 2.05) is 6.07 Å². The predicted octanol–water partition coefficient (Wildman–Crippen LogP) is 1.32. The Labute approximate surface area is 121 Å². The van der Waals surface area contributed by atoms with Crippen molar-refractivity contribution in [2.24, 2.45) is 11.7 Å². The van der Waals surface area contributed by atoms with Crippen molar-refractivity contribution in [3.05, 3.63) is 35.4 Å². The number of nitrogens with zero attached hydrogens (tertiary/aromatic N) is 1. The van der Waals surface area contributed by atoms with Crippen molar-refractivity contribution in [2.45, 2.75) is 26.3 Å². The lowest BCUT2D eigenvalue weighted by Crippen LogP contribution is -2.45. The minimum Gasteiger partial charge on any atom is -0.355 e. The van der Waals surface area contributed by atoms with Gasteiger partial charge in [-0.1, -0.05) is 38.1 Å². The second-order valence-electron chi connectivity index (χ2n) is 5.87.